The Morgan fingerprint density at radius 2 is 1.92 bits per heavy atom. The van der Waals surface area contributed by atoms with E-state index in [0.717, 1.165) is 62.8 Å². The molecule has 0 radical (unpaired) electrons. The van der Waals surface area contributed by atoms with E-state index in [1.54, 1.807) is 0 Å². The van der Waals surface area contributed by atoms with Crippen molar-refractivity contribution in [3.05, 3.63) is 36.0 Å². The molecule has 2 aliphatic heterocycles. The molecule has 3 heterocycles. The number of carbonyl (C=O) groups is 1. The summed E-state index contributed by atoms with van der Waals surface area (Å²) >= 11 is 0. The average Bonchev–Trinajstić information content (AvgIpc) is 2.69. The van der Waals surface area contributed by atoms with Gasteiger partial charge < -0.3 is 15.5 Å². The van der Waals surface area contributed by atoms with Crippen molar-refractivity contribution in [3.8, 4) is 5.75 Å². The van der Waals surface area contributed by atoms with Gasteiger partial charge in [-0.05, 0) is 50.9 Å². The summed E-state index contributed by atoms with van der Waals surface area (Å²) in [5.74, 6) is 0.409. The van der Waals surface area contributed by atoms with Crippen molar-refractivity contribution in [3.63, 3.8) is 0 Å². The lowest BCUT2D eigenvalue weighted by molar-refractivity contribution is -0.0725. The van der Waals surface area contributed by atoms with Gasteiger partial charge in [-0.1, -0.05) is 24.6 Å². The Morgan fingerprint density at radius 3 is 2.73 bits per heavy atom. The second-order valence-corrected chi connectivity index (χ2v) is 7.11. The van der Waals surface area contributed by atoms with Gasteiger partial charge in [-0.3, -0.25) is 4.79 Å². The number of benzene rings is 1. The molecule has 1 amide bonds. The third-order valence-electron chi connectivity index (χ3n) is 5.12. The number of carbonyl (C=O) groups excluding carboxylic acids is 1. The zero-order chi connectivity index (χ0) is 17.8. The SMILES string of the molecule is O=C(NC1CCNCC1)c1nc2ccccc2cc1ON1CCCCC1. The van der Waals surface area contributed by atoms with Crippen LogP contribution in [0.3, 0.4) is 0 Å². The second-order valence-electron chi connectivity index (χ2n) is 7.11. The maximum Gasteiger partial charge on any atom is 0.274 e. The smallest absolute Gasteiger partial charge is 0.274 e. The van der Waals surface area contributed by atoms with Crippen LogP contribution >= 0.6 is 0 Å². The van der Waals surface area contributed by atoms with Crippen molar-refractivity contribution >= 4 is 16.8 Å². The summed E-state index contributed by atoms with van der Waals surface area (Å²) in [5.41, 5.74) is 1.20. The molecule has 0 saturated carbocycles. The number of amides is 1. The van der Waals surface area contributed by atoms with Crippen LogP contribution in [0.15, 0.2) is 30.3 Å². The molecule has 0 aliphatic carbocycles. The predicted molar refractivity (Wildman–Crippen MR) is 101 cm³/mol. The number of hydrogen-bond acceptors (Lipinski definition) is 5. The first-order valence-electron chi connectivity index (χ1n) is 9.64. The van der Waals surface area contributed by atoms with E-state index >= 15 is 0 Å². The number of pyridine rings is 1. The van der Waals surface area contributed by atoms with Crippen LogP contribution in [-0.4, -0.2) is 48.2 Å². The Balaban J connectivity index is 1.61. The van der Waals surface area contributed by atoms with Crippen molar-refractivity contribution in [1.82, 2.24) is 20.7 Å². The molecule has 0 spiro atoms. The number of hydroxylamine groups is 2. The van der Waals surface area contributed by atoms with Gasteiger partial charge in [-0.2, -0.15) is 0 Å². The Labute approximate surface area is 153 Å². The molecular weight excluding hydrogens is 328 g/mol. The number of hydrogen-bond donors (Lipinski definition) is 2. The van der Waals surface area contributed by atoms with Crippen molar-refractivity contribution in [2.75, 3.05) is 26.2 Å². The topological polar surface area (TPSA) is 66.5 Å². The molecule has 4 rings (SSSR count). The highest BCUT2D eigenvalue weighted by Gasteiger charge is 2.23. The zero-order valence-corrected chi connectivity index (χ0v) is 15.0. The van der Waals surface area contributed by atoms with Crippen LogP contribution in [0.1, 0.15) is 42.6 Å². The molecule has 6 nitrogen and oxygen atoms in total. The molecule has 0 bridgehead atoms. The Kier molecular flexibility index (Phi) is 5.32. The molecule has 0 unspecified atom stereocenters. The first kappa shape index (κ1) is 17.2. The van der Waals surface area contributed by atoms with Crippen LogP contribution in [0.5, 0.6) is 5.75 Å². The number of aromatic nitrogens is 1. The van der Waals surface area contributed by atoms with Gasteiger partial charge in [0, 0.05) is 24.5 Å². The molecular formula is C20H26N4O2. The van der Waals surface area contributed by atoms with Gasteiger partial charge in [-0.25, -0.2) is 4.98 Å². The highest BCUT2D eigenvalue weighted by Crippen LogP contribution is 2.25. The lowest BCUT2D eigenvalue weighted by Crippen LogP contribution is -2.43. The number of rotatable bonds is 4. The Morgan fingerprint density at radius 1 is 1.15 bits per heavy atom. The monoisotopic (exact) mass is 354 g/mol. The van der Waals surface area contributed by atoms with Crippen molar-refractivity contribution in [2.24, 2.45) is 0 Å². The lowest BCUT2D eigenvalue weighted by atomic mass is 10.1. The predicted octanol–water partition coefficient (Wildman–Crippen LogP) is 2.50. The summed E-state index contributed by atoms with van der Waals surface area (Å²) < 4.78 is 0. The zero-order valence-electron chi connectivity index (χ0n) is 15.0. The van der Waals surface area contributed by atoms with Crippen molar-refractivity contribution in [1.29, 1.82) is 0 Å². The van der Waals surface area contributed by atoms with Gasteiger partial charge in [0.2, 0.25) is 0 Å². The van der Waals surface area contributed by atoms with E-state index in [0.29, 0.717) is 11.4 Å². The van der Waals surface area contributed by atoms with E-state index in [2.05, 4.69) is 15.6 Å². The van der Waals surface area contributed by atoms with Crippen LogP contribution in [0, 0.1) is 0 Å². The second kappa shape index (κ2) is 8.01. The standard InChI is InChI=1S/C20H26N4O2/c25-20(22-16-8-10-21-11-9-16)19-18(26-24-12-4-1-5-13-24)14-15-6-2-3-7-17(15)23-19/h2-3,6-7,14,16,21H,1,4-5,8-13H2,(H,22,25). The number of fused-ring (bicyclic) bond motifs is 1. The summed E-state index contributed by atoms with van der Waals surface area (Å²) in [6, 6.07) is 9.98. The molecule has 0 atom stereocenters. The van der Waals surface area contributed by atoms with Crippen LogP contribution < -0.4 is 15.5 Å². The third kappa shape index (κ3) is 3.97. The van der Waals surface area contributed by atoms with Crippen molar-refractivity contribution < 1.29 is 9.63 Å². The van der Waals surface area contributed by atoms with E-state index in [1.165, 1.54) is 6.42 Å². The van der Waals surface area contributed by atoms with E-state index < -0.39 is 0 Å². The summed E-state index contributed by atoms with van der Waals surface area (Å²) in [7, 11) is 0. The molecule has 6 heteroatoms. The van der Waals surface area contributed by atoms with Crippen LogP contribution in [0.25, 0.3) is 10.9 Å². The summed E-state index contributed by atoms with van der Waals surface area (Å²) in [6.45, 7) is 3.66. The highest BCUT2D eigenvalue weighted by atomic mass is 16.7. The summed E-state index contributed by atoms with van der Waals surface area (Å²) in [6.07, 6.45) is 5.37. The number of para-hydroxylation sites is 1. The van der Waals surface area contributed by atoms with E-state index in [-0.39, 0.29) is 11.9 Å². The number of piperidine rings is 2. The van der Waals surface area contributed by atoms with Gasteiger partial charge in [0.25, 0.3) is 5.91 Å². The maximum atomic E-state index is 12.9. The molecule has 26 heavy (non-hydrogen) atoms. The molecule has 2 aromatic rings. The lowest BCUT2D eigenvalue weighted by Gasteiger charge is -2.27. The molecule has 2 saturated heterocycles. The fourth-order valence-corrected chi connectivity index (χ4v) is 3.64. The minimum atomic E-state index is -0.144. The number of nitrogens with zero attached hydrogens (tertiary/aromatic N) is 2. The quantitative estimate of drug-likeness (QED) is 0.883. The minimum Gasteiger partial charge on any atom is -0.403 e. The first-order valence-corrected chi connectivity index (χ1v) is 9.64. The average molecular weight is 354 g/mol. The van der Waals surface area contributed by atoms with E-state index in [1.807, 2.05) is 35.4 Å². The Bertz CT molecular complexity index is 767. The molecule has 138 valence electrons. The van der Waals surface area contributed by atoms with Crippen molar-refractivity contribution in [2.45, 2.75) is 38.1 Å². The van der Waals surface area contributed by atoms with Crippen LogP contribution in [0.4, 0.5) is 0 Å². The molecule has 1 aromatic heterocycles. The molecule has 2 aliphatic rings. The molecule has 2 N–H and O–H groups in total. The van der Waals surface area contributed by atoms with E-state index in [9.17, 15) is 4.79 Å². The summed E-state index contributed by atoms with van der Waals surface area (Å²) in [4.78, 5) is 23.7. The van der Waals surface area contributed by atoms with Gasteiger partial charge in [0.05, 0.1) is 5.52 Å². The van der Waals surface area contributed by atoms with Gasteiger partial charge in [0.15, 0.2) is 11.4 Å². The van der Waals surface area contributed by atoms with Crippen LogP contribution in [0.2, 0.25) is 0 Å². The minimum absolute atomic E-state index is 0.144. The fraction of sp³-hybridized carbons (Fsp3) is 0.500. The molecule has 2 fully saturated rings. The van der Waals surface area contributed by atoms with E-state index in [4.69, 9.17) is 4.84 Å². The third-order valence-corrected chi connectivity index (χ3v) is 5.12. The summed E-state index contributed by atoms with van der Waals surface area (Å²) in [5, 5.41) is 9.40. The van der Waals surface area contributed by atoms with Crippen LogP contribution in [-0.2, 0) is 0 Å². The fourth-order valence-electron chi connectivity index (χ4n) is 3.64. The van der Waals surface area contributed by atoms with Gasteiger partial charge in [0.1, 0.15) is 0 Å². The highest BCUT2D eigenvalue weighted by molar-refractivity contribution is 5.98. The normalized spacial score (nSPS) is 19.4. The maximum absolute atomic E-state index is 12.9. The number of nitrogens with one attached hydrogen (secondary N) is 2. The molecule has 1 aromatic carbocycles. The van der Waals surface area contributed by atoms with Gasteiger partial charge >= 0.3 is 0 Å². The Hall–Kier alpha value is -2.18. The van der Waals surface area contributed by atoms with Gasteiger partial charge in [-0.15, -0.1) is 5.06 Å². The largest absolute Gasteiger partial charge is 0.403 e. The first-order chi connectivity index (χ1) is 12.8.